The molecule has 0 unspecified atom stereocenters. The molecule has 3 saturated heterocycles. The largest absolute Gasteiger partial charge is 0.394 e. The zero-order valence-electron chi connectivity index (χ0n) is 10.8. The van der Waals surface area contributed by atoms with Gasteiger partial charge in [0.05, 0.1) is 25.9 Å². The van der Waals surface area contributed by atoms with E-state index in [0.29, 0.717) is 13.2 Å². The number of rotatable bonds is 2. The summed E-state index contributed by atoms with van der Waals surface area (Å²) in [5, 5.41) is 9.65. The van der Waals surface area contributed by atoms with Crippen LogP contribution in [0.1, 0.15) is 25.7 Å². The molecule has 3 heterocycles. The van der Waals surface area contributed by atoms with Gasteiger partial charge in [0.2, 0.25) is 5.91 Å². The third kappa shape index (κ3) is 1.85. The number of morpholine rings is 1. The maximum Gasteiger partial charge on any atom is 0.240 e. The van der Waals surface area contributed by atoms with Crippen LogP contribution in [0.15, 0.2) is 0 Å². The molecule has 0 aromatic rings. The van der Waals surface area contributed by atoms with Gasteiger partial charge in [0.25, 0.3) is 0 Å². The lowest BCUT2D eigenvalue weighted by Gasteiger charge is -2.36. The molecule has 1 N–H and O–H groups in total. The molecule has 1 amide bonds. The molecule has 18 heavy (non-hydrogen) atoms. The summed E-state index contributed by atoms with van der Waals surface area (Å²) in [6.45, 7) is 3.90. The molecule has 3 aliphatic rings. The summed E-state index contributed by atoms with van der Waals surface area (Å²) in [6.07, 6.45) is 4.00. The summed E-state index contributed by atoms with van der Waals surface area (Å²) in [5.74, 6) is 0.246. The van der Waals surface area contributed by atoms with Gasteiger partial charge in [-0.25, -0.2) is 0 Å². The van der Waals surface area contributed by atoms with Crippen molar-refractivity contribution in [2.75, 3.05) is 39.5 Å². The monoisotopic (exact) mass is 254 g/mol. The molecular weight excluding hydrogens is 232 g/mol. The minimum atomic E-state index is -0.0907. The minimum absolute atomic E-state index is 0.00208. The molecule has 0 spiro atoms. The van der Waals surface area contributed by atoms with Crippen molar-refractivity contribution in [2.45, 2.75) is 37.3 Å². The number of hydrogen-bond acceptors (Lipinski definition) is 4. The highest BCUT2D eigenvalue weighted by Crippen LogP contribution is 2.42. The highest BCUT2D eigenvalue weighted by molar-refractivity contribution is 5.82. The molecule has 0 aliphatic carbocycles. The normalized spacial score (nSPS) is 36.9. The minimum Gasteiger partial charge on any atom is -0.394 e. The van der Waals surface area contributed by atoms with Gasteiger partial charge in [-0.15, -0.1) is 0 Å². The van der Waals surface area contributed by atoms with E-state index in [1.165, 1.54) is 0 Å². The van der Waals surface area contributed by atoms with Crippen LogP contribution < -0.4 is 0 Å². The van der Waals surface area contributed by atoms with Crippen LogP contribution in [-0.2, 0) is 9.53 Å². The van der Waals surface area contributed by atoms with Crippen molar-refractivity contribution in [1.29, 1.82) is 0 Å². The summed E-state index contributed by atoms with van der Waals surface area (Å²) in [5.41, 5.74) is -0.0907. The molecule has 5 heteroatoms. The average Bonchev–Trinajstić information content (AvgIpc) is 2.97. The Kier molecular flexibility index (Phi) is 3.30. The molecule has 0 aromatic heterocycles. The number of carbonyl (C=O) groups is 1. The first-order valence-corrected chi connectivity index (χ1v) is 7.01. The first-order valence-electron chi connectivity index (χ1n) is 7.01. The predicted octanol–water partition coefficient (Wildman–Crippen LogP) is -0.165. The first-order chi connectivity index (χ1) is 8.77. The number of fused-ring (bicyclic) bond motifs is 1. The topological polar surface area (TPSA) is 53.0 Å². The van der Waals surface area contributed by atoms with Crippen molar-refractivity contribution in [3.05, 3.63) is 0 Å². The van der Waals surface area contributed by atoms with Crippen LogP contribution in [0, 0.1) is 0 Å². The first kappa shape index (κ1) is 12.4. The van der Waals surface area contributed by atoms with Gasteiger partial charge in [0.1, 0.15) is 0 Å². The number of aliphatic hydroxyl groups is 1. The van der Waals surface area contributed by atoms with Gasteiger partial charge in [-0.2, -0.15) is 0 Å². The zero-order valence-corrected chi connectivity index (χ0v) is 10.8. The third-order valence-electron chi connectivity index (χ3n) is 4.81. The molecule has 2 atom stereocenters. The molecule has 5 nitrogen and oxygen atoms in total. The smallest absolute Gasteiger partial charge is 0.240 e. The summed E-state index contributed by atoms with van der Waals surface area (Å²) in [6, 6.07) is -0.00208. The SMILES string of the molecule is O=C([C@H]1CC[C@]2(CO)CCCN12)N1CCOCC1. The molecule has 3 rings (SSSR count). The zero-order chi connectivity index (χ0) is 12.6. The van der Waals surface area contributed by atoms with Gasteiger partial charge >= 0.3 is 0 Å². The van der Waals surface area contributed by atoms with E-state index in [4.69, 9.17) is 4.74 Å². The second-order valence-corrected chi connectivity index (χ2v) is 5.67. The van der Waals surface area contributed by atoms with Gasteiger partial charge in [-0.05, 0) is 32.2 Å². The Bertz CT molecular complexity index is 330. The van der Waals surface area contributed by atoms with Crippen LogP contribution in [0.5, 0.6) is 0 Å². The highest BCUT2D eigenvalue weighted by atomic mass is 16.5. The second-order valence-electron chi connectivity index (χ2n) is 5.67. The predicted molar refractivity (Wildman–Crippen MR) is 66.2 cm³/mol. The summed E-state index contributed by atoms with van der Waals surface area (Å²) < 4.78 is 5.29. The maximum atomic E-state index is 12.5. The second kappa shape index (κ2) is 4.79. The summed E-state index contributed by atoms with van der Waals surface area (Å²) in [4.78, 5) is 16.7. The molecule has 0 saturated carbocycles. The van der Waals surface area contributed by atoms with Crippen molar-refractivity contribution in [2.24, 2.45) is 0 Å². The Labute approximate surface area is 108 Å². The van der Waals surface area contributed by atoms with Crippen molar-refractivity contribution in [1.82, 2.24) is 9.80 Å². The van der Waals surface area contributed by atoms with Crippen molar-refractivity contribution in [3.8, 4) is 0 Å². The lowest BCUT2D eigenvalue weighted by molar-refractivity contribution is -0.141. The van der Waals surface area contributed by atoms with Crippen LogP contribution in [-0.4, -0.2) is 71.8 Å². The fourth-order valence-electron chi connectivity index (χ4n) is 3.78. The van der Waals surface area contributed by atoms with Crippen LogP contribution in [0.2, 0.25) is 0 Å². The van der Waals surface area contributed by atoms with Crippen molar-refractivity contribution >= 4 is 5.91 Å². The Balaban J connectivity index is 1.71. The quantitative estimate of drug-likeness (QED) is 0.743. The number of aliphatic hydroxyl groups excluding tert-OH is 1. The van der Waals surface area contributed by atoms with Crippen molar-refractivity contribution < 1.29 is 14.6 Å². The van der Waals surface area contributed by atoms with Gasteiger partial charge in [-0.1, -0.05) is 0 Å². The van der Waals surface area contributed by atoms with E-state index < -0.39 is 0 Å². The average molecular weight is 254 g/mol. The van der Waals surface area contributed by atoms with Crippen LogP contribution in [0.4, 0.5) is 0 Å². The van der Waals surface area contributed by atoms with E-state index in [9.17, 15) is 9.90 Å². The van der Waals surface area contributed by atoms with Crippen LogP contribution in [0.25, 0.3) is 0 Å². The summed E-state index contributed by atoms with van der Waals surface area (Å²) >= 11 is 0. The van der Waals surface area contributed by atoms with E-state index in [1.54, 1.807) is 0 Å². The molecule has 3 aliphatic heterocycles. The van der Waals surface area contributed by atoms with E-state index in [1.807, 2.05) is 4.90 Å². The van der Waals surface area contributed by atoms with E-state index in [-0.39, 0.29) is 24.1 Å². The molecule has 3 fully saturated rings. The molecule has 0 aromatic carbocycles. The Hall–Kier alpha value is -0.650. The van der Waals surface area contributed by atoms with E-state index in [2.05, 4.69) is 4.90 Å². The molecule has 0 bridgehead atoms. The van der Waals surface area contributed by atoms with Crippen molar-refractivity contribution in [3.63, 3.8) is 0 Å². The molecule has 102 valence electrons. The van der Waals surface area contributed by atoms with E-state index in [0.717, 1.165) is 45.3 Å². The number of carbonyl (C=O) groups excluding carboxylic acids is 1. The lowest BCUT2D eigenvalue weighted by Crippen LogP contribution is -2.53. The molecular formula is C13H22N2O3. The Morgan fingerprint density at radius 1 is 1.28 bits per heavy atom. The summed E-state index contributed by atoms with van der Waals surface area (Å²) in [7, 11) is 0. The standard InChI is InChI=1S/C13H22N2O3/c16-10-13-3-1-5-15(13)11(2-4-13)12(17)14-6-8-18-9-7-14/h11,16H,1-10H2/t11-,13+/m1/s1. The van der Waals surface area contributed by atoms with Crippen LogP contribution >= 0.6 is 0 Å². The Morgan fingerprint density at radius 2 is 2.06 bits per heavy atom. The van der Waals surface area contributed by atoms with Gasteiger partial charge in [0, 0.05) is 18.6 Å². The fraction of sp³-hybridized carbons (Fsp3) is 0.923. The highest BCUT2D eigenvalue weighted by Gasteiger charge is 2.51. The molecule has 0 radical (unpaired) electrons. The van der Waals surface area contributed by atoms with Gasteiger partial charge in [0.15, 0.2) is 0 Å². The van der Waals surface area contributed by atoms with Crippen LogP contribution in [0.3, 0.4) is 0 Å². The Morgan fingerprint density at radius 3 is 2.78 bits per heavy atom. The van der Waals surface area contributed by atoms with Gasteiger partial charge < -0.3 is 14.7 Å². The van der Waals surface area contributed by atoms with E-state index >= 15 is 0 Å². The number of ether oxygens (including phenoxy) is 1. The third-order valence-corrected chi connectivity index (χ3v) is 4.81. The maximum absolute atomic E-state index is 12.5. The lowest BCUT2D eigenvalue weighted by atomic mass is 9.95. The number of hydrogen-bond donors (Lipinski definition) is 1. The van der Waals surface area contributed by atoms with Gasteiger partial charge in [-0.3, -0.25) is 9.69 Å². The fourth-order valence-corrected chi connectivity index (χ4v) is 3.78. The number of nitrogens with zero attached hydrogens (tertiary/aromatic N) is 2. The number of amides is 1.